The Kier molecular flexibility index (Phi) is 8.04. The van der Waals surface area contributed by atoms with Crippen molar-refractivity contribution in [3.8, 4) is 22.6 Å². The van der Waals surface area contributed by atoms with Crippen LogP contribution in [0.15, 0.2) is 134 Å². The molecule has 0 aliphatic carbocycles. The molecule has 4 aromatic heterocycles. The first-order valence-corrected chi connectivity index (χ1v) is 14.8. The molecule has 0 amide bonds. The van der Waals surface area contributed by atoms with E-state index in [1.165, 1.54) is 5.56 Å². The number of nitrogens with zero attached hydrogens (tertiary/aromatic N) is 6. The lowest BCUT2D eigenvalue weighted by Crippen LogP contribution is -2.05. The fraction of sp³-hybridized carbons (Fsp3) is 0.0833. The topological polar surface area (TPSA) is 105 Å². The van der Waals surface area contributed by atoms with Gasteiger partial charge in [0, 0.05) is 32.0 Å². The number of hydrogen-bond acceptors (Lipinski definition) is 8. The van der Waals surface area contributed by atoms with E-state index in [0.29, 0.717) is 42.9 Å². The first kappa shape index (κ1) is 27.7. The minimum atomic E-state index is 0.523. The highest BCUT2D eigenvalue weighted by atomic mass is 15.3. The van der Waals surface area contributed by atoms with Crippen LogP contribution in [0, 0.1) is 0 Å². The second kappa shape index (κ2) is 13.0. The summed E-state index contributed by atoms with van der Waals surface area (Å²) in [7, 11) is 0. The SMILES string of the molecule is c1ccc(CNc2nccc(-c3nn4c(NCc5ccccc5)cccc4c3-c3ccnc(NCc4ccccc4)n3)n2)cc1. The maximum atomic E-state index is 5.11. The summed E-state index contributed by atoms with van der Waals surface area (Å²) in [6.45, 7) is 1.88. The van der Waals surface area contributed by atoms with Crippen LogP contribution < -0.4 is 16.0 Å². The number of pyridine rings is 1. The Hall–Kier alpha value is -6.09. The van der Waals surface area contributed by atoms with E-state index >= 15 is 0 Å². The van der Waals surface area contributed by atoms with Crippen molar-refractivity contribution >= 4 is 23.2 Å². The van der Waals surface area contributed by atoms with Crippen LogP contribution in [-0.2, 0) is 19.6 Å². The zero-order chi connectivity index (χ0) is 30.3. The molecule has 0 atom stereocenters. The number of anilines is 3. The smallest absolute Gasteiger partial charge is 0.223 e. The van der Waals surface area contributed by atoms with Gasteiger partial charge < -0.3 is 16.0 Å². The van der Waals surface area contributed by atoms with E-state index in [1.54, 1.807) is 12.4 Å². The maximum Gasteiger partial charge on any atom is 0.223 e. The zero-order valence-electron chi connectivity index (χ0n) is 24.5. The van der Waals surface area contributed by atoms with Gasteiger partial charge in [-0.3, -0.25) is 0 Å². The van der Waals surface area contributed by atoms with Gasteiger partial charge >= 0.3 is 0 Å². The van der Waals surface area contributed by atoms with Gasteiger partial charge in [0.05, 0.1) is 22.5 Å². The molecule has 4 heterocycles. The van der Waals surface area contributed by atoms with Crippen LogP contribution in [-0.4, -0.2) is 29.5 Å². The van der Waals surface area contributed by atoms with E-state index in [1.807, 2.05) is 83.4 Å². The number of hydrogen-bond donors (Lipinski definition) is 3. The van der Waals surface area contributed by atoms with Crippen molar-refractivity contribution in [3.05, 3.63) is 150 Å². The quantitative estimate of drug-likeness (QED) is 0.147. The molecule has 0 spiro atoms. The van der Waals surface area contributed by atoms with E-state index in [2.05, 4.69) is 68.4 Å². The average Bonchev–Trinajstić information content (AvgIpc) is 3.51. The molecule has 0 saturated carbocycles. The molecular formula is C36H31N9. The van der Waals surface area contributed by atoms with Crippen molar-refractivity contribution in [2.45, 2.75) is 19.6 Å². The minimum Gasteiger partial charge on any atom is -0.366 e. The van der Waals surface area contributed by atoms with Gasteiger partial charge in [0.25, 0.3) is 0 Å². The van der Waals surface area contributed by atoms with Gasteiger partial charge in [0.1, 0.15) is 11.5 Å². The molecule has 0 saturated heterocycles. The van der Waals surface area contributed by atoms with E-state index in [-0.39, 0.29) is 0 Å². The monoisotopic (exact) mass is 589 g/mol. The van der Waals surface area contributed by atoms with Gasteiger partial charge in [-0.25, -0.2) is 24.5 Å². The molecule has 7 rings (SSSR count). The van der Waals surface area contributed by atoms with Crippen molar-refractivity contribution in [3.63, 3.8) is 0 Å². The normalized spacial score (nSPS) is 10.9. The molecule has 9 heteroatoms. The van der Waals surface area contributed by atoms with Crippen molar-refractivity contribution in [1.29, 1.82) is 0 Å². The highest BCUT2D eigenvalue weighted by molar-refractivity contribution is 5.91. The van der Waals surface area contributed by atoms with Gasteiger partial charge in [-0.15, -0.1) is 0 Å². The molecule has 3 aromatic carbocycles. The third-order valence-corrected chi connectivity index (χ3v) is 7.37. The summed E-state index contributed by atoms with van der Waals surface area (Å²) < 4.78 is 1.92. The van der Waals surface area contributed by atoms with Crippen molar-refractivity contribution < 1.29 is 0 Å². The summed E-state index contributed by atoms with van der Waals surface area (Å²) in [6, 6.07) is 40.6. The number of benzene rings is 3. The van der Waals surface area contributed by atoms with Gasteiger partial charge in [-0.1, -0.05) is 97.1 Å². The van der Waals surface area contributed by atoms with Gasteiger partial charge in [-0.2, -0.15) is 5.10 Å². The predicted molar refractivity (Wildman–Crippen MR) is 179 cm³/mol. The fourth-order valence-corrected chi connectivity index (χ4v) is 5.14. The molecular weight excluding hydrogens is 558 g/mol. The first-order valence-electron chi connectivity index (χ1n) is 14.8. The molecule has 0 bridgehead atoms. The molecule has 0 fully saturated rings. The third kappa shape index (κ3) is 6.47. The second-order valence-corrected chi connectivity index (χ2v) is 10.5. The number of rotatable bonds is 11. The van der Waals surface area contributed by atoms with Crippen LogP contribution in [0.25, 0.3) is 28.2 Å². The molecule has 45 heavy (non-hydrogen) atoms. The molecule has 0 unspecified atom stereocenters. The van der Waals surface area contributed by atoms with Crippen LogP contribution in [0.2, 0.25) is 0 Å². The highest BCUT2D eigenvalue weighted by Crippen LogP contribution is 2.35. The highest BCUT2D eigenvalue weighted by Gasteiger charge is 2.21. The summed E-state index contributed by atoms with van der Waals surface area (Å²) in [5, 5.41) is 15.4. The summed E-state index contributed by atoms with van der Waals surface area (Å²) in [5.41, 5.74) is 7.34. The van der Waals surface area contributed by atoms with E-state index in [9.17, 15) is 0 Å². The van der Waals surface area contributed by atoms with Crippen molar-refractivity contribution in [1.82, 2.24) is 29.5 Å². The van der Waals surface area contributed by atoms with Crippen LogP contribution >= 0.6 is 0 Å². The minimum absolute atomic E-state index is 0.523. The van der Waals surface area contributed by atoms with E-state index in [0.717, 1.165) is 33.7 Å². The number of nitrogens with one attached hydrogen (secondary N) is 3. The van der Waals surface area contributed by atoms with Gasteiger partial charge in [0.2, 0.25) is 11.9 Å². The lowest BCUT2D eigenvalue weighted by molar-refractivity contribution is 0.943. The molecule has 9 nitrogen and oxygen atoms in total. The van der Waals surface area contributed by atoms with E-state index < -0.39 is 0 Å². The Labute approximate surface area is 261 Å². The number of fused-ring (bicyclic) bond motifs is 1. The van der Waals surface area contributed by atoms with Crippen LogP contribution in [0.3, 0.4) is 0 Å². The third-order valence-electron chi connectivity index (χ3n) is 7.37. The zero-order valence-corrected chi connectivity index (χ0v) is 24.5. The Morgan fingerprint density at radius 1 is 0.489 bits per heavy atom. The molecule has 7 aromatic rings. The standard InChI is InChI=1S/C36H31N9/c1-4-11-26(12-5-1)23-39-32-18-10-17-31-33(29-19-21-37-35(42-29)40-24-27-13-6-2-7-14-27)34(44-45(31)32)30-20-22-38-36(43-30)41-25-28-15-8-3-9-16-28/h1-22,39H,23-25H2,(H,37,40,42)(H,38,41,43). The van der Waals surface area contributed by atoms with Crippen molar-refractivity contribution in [2.75, 3.05) is 16.0 Å². The Balaban J connectivity index is 1.27. The number of aromatic nitrogens is 6. The maximum absolute atomic E-state index is 5.11. The summed E-state index contributed by atoms with van der Waals surface area (Å²) in [4.78, 5) is 18.8. The van der Waals surface area contributed by atoms with Crippen LogP contribution in [0.5, 0.6) is 0 Å². The Bertz CT molecular complexity index is 2010. The van der Waals surface area contributed by atoms with Crippen LogP contribution in [0.4, 0.5) is 17.7 Å². The first-order chi connectivity index (χ1) is 22.3. The molecule has 0 radical (unpaired) electrons. The summed E-state index contributed by atoms with van der Waals surface area (Å²) >= 11 is 0. The molecule has 220 valence electrons. The van der Waals surface area contributed by atoms with Crippen molar-refractivity contribution in [2.24, 2.45) is 0 Å². The fourth-order valence-electron chi connectivity index (χ4n) is 5.14. The second-order valence-electron chi connectivity index (χ2n) is 10.5. The van der Waals surface area contributed by atoms with Gasteiger partial charge in [-0.05, 0) is 41.0 Å². The predicted octanol–water partition coefficient (Wildman–Crippen LogP) is 7.08. The van der Waals surface area contributed by atoms with Gasteiger partial charge in [0.15, 0.2) is 0 Å². The Morgan fingerprint density at radius 3 is 1.58 bits per heavy atom. The lowest BCUT2D eigenvalue weighted by atomic mass is 10.1. The molecule has 0 aliphatic heterocycles. The van der Waals surface area contributed by atoms with E-state index in [4.69, 9.17) is 15.1 Å². The Morgan fingerprint density at radius 2 is 1.00 bits per heavy atom. The lowest BCUT2D eigenvalue weighted by Gasteiger charge is -2.09. The summed E-state index contributed by atoms with van der Waals surface area (Å²) in [5.74, 6) is 1.92. The summed E-state index contributed by atoms with van der Waals surface area (Å²) in [6.07, 6.45) is 3.53. The van der Waals surface area contributed by atoms with Crippen LogP contribution in [0.1, 0.15) is 16.7 Å². The average molecular weight is 590 g/mol. The largest absolute Gasteiger partial charge is 0.366 e. The molecule has 3 N–H and O–H groups in total. The molecule has 0 aliphatic rings.